The largest absolute Gasteiger partial charge is 0.341 e. The highest BCUT2D eigenvalue weighted by Gasteiger charge is 2.14. The Hall–Kier alpha value is -2.34. The Morgan fingerprint density at radius 1 is 1.16 bits per heavy atom. The van der Waals surface area contributed by atoms with Crippen molar-refractivity contribution in [1.82, 2.24) is 15.3 Å². The molecule has 0 aliphatic carbocycles. The van der Waals surface area contributed by atoms with Gasteiger partial charge in [0.15, 0.2) is 0 Å². The summed E-state index contributed by atoms with van der Waals surface area (Å²) in [6.45, 7) is 4.29. The number of hydrogen-bond acceptors (Lipinski definition) is 4. The van der Waals surface area contributed by atoms with Gasteiger partial charge in [0.25, 0.3) is 0 Å². The molecular formula is C18H22ClN5O. The maximum Gasteiger partial charge on any atom is 0.319 e. The number of nitrogens with zero attached hydrogens (tertiary/aromatic N) is 3. The summed E-state index contributed by atoms with van der Waals surface area (Å²) in [7, 11) is 0. The number of carbonyl (C=O) groups is 1. The topological polar surface area (TPSA) is 70.2 Å². The van der Waals surface area contributed by atoms with E-state index in [9.17, 15) is 4.79 Å². The number of anilines is 2. The predicted octanol–water partition coefficient (Wildman–Crippen LogP) is 3.75. The lowest BCUT2D eigenvalue weighted by Gasteiger charge is -2.27. The number of benzene rings is 1. The average molecular weight is 360 g/mol. The molecule has 6 nitrogen and oxygen atoms in total. The summed E-state index contributed by atoms with van der Waals surface area (Å²) in [5.74, 6) is 0.759. The molecule has 1 aliphatic rings. The van der Waals surface area contributed by atoms with Crippen LogP contribution in [0.25, 0.3) is 0 Å². The van der Waals surface area contributed by atoms with Crippen molar-refractivity contribution in [2.45, 2.75) is 32.7 Å². The Morgan fingerprint density at radius 3 is 2.60 bits per heavy atom. The summed E-state index contributed by atoms with van der Waals surface area (Å²) in [4.78, 5) is 23.4. The van der Waals surface area contributed by atoms with Crippen LogP contribution in [0.2, 0.25) is 5.02 Å². The molecule has 0 bridgehead atoms. The van der Waals surface area contributed by atoms with Crippen LogP contribution in [0.1, 0.15) is 30.7 Å². The lowest BCUT2D eigenvalue weighted by molar-refractivity contribution is 0.251. The number of aryl methyl sites for hydroxylation is 1. The molecule has 0 unspecified atom stereocenters. The van der Waals surface area contributed by atoms with Gasteiger partial charge in [-0.2, -0.15) is 0 Å². The van der Waals surface area contributed by atoms with Crippen molar-refractivity contribution in [2.75, 3.05) is 23.3 Å². The van der Waals surface area contributed by atoms with E-state index in [2.05, 4.69) is 25.5 Å². The average Bonchev–Trinajstić information content (AvgIpc) is 2.62. The van der Waals surface area contributed by atoms with Crippen molar-refractivity contribution < 1.29 is 4.79 Å². The zero-order valence-corrected chi connectivity index (χ0v) is 15.0. The van der Waals surface area contributed by atoms with Crippen LogP contribution in [-0.2, 0) is 6.54 Å². The molecule has 132 valence electrons. The van der Waals surface area contributed by atoms with E-state index in [0.717, 1.165) is 30.4 Å². The van der Waals surface area contributed by atoms with Crippen molar-refractivity contribution in [3.63, 3.8) is 0 Å². The monoisotopic (exact) mass is 359 g/mol. The van der Waals surface area contributed by atoms with E-state index >= 15 is 0 Å². The zero-order valence-electron chi connectivity index (χ0n) is 14.3. The van der Waals surface area contributed by atoms with Gasteiger partial charge in [-0.1, -0.05) is 11.6 Å². The normalized spacial score (nSPS) is 14.2. The molecule has 0 saturated carbocycles. The second kappa shape index (κ2) is 8.16. The van der Waals surface area contributed by atoms with Gasteiger partial charge in [-0.15, -0.1) is 0 Å². The second-order valence-electron chi connectivity index (χ2n) is 6.16. The Bertz CT molecular complexity index is 729. The van der Waals surface area contributed by atoms with Gasteiger partial charge in [0.2, 0.25) is 5.95 Å². The Morgan fingerprint density at radius 2 is 1.88 bits per heavy atom. The molecule has 3 rings (SSSR count). The van der Waals surface area contributed by atoms with E-state index in [1.807, 2.05) is 13.0 Å². The summed E-state index contributed by atoms with van der Waals surface area (Å²) >= 11 is 5.84. The summed E-state index contributed by atoms with van der Waals surface area (Å²) in [6, 6.07) is 8.59. The summed E-state index contributed by atoms with van der Waals surface area (Å²) in [5, 5.41) is 6.23. The molecule has 1 aliphatic heterocycles. The van der Waals surface area contributed by atoms with Gasteiger partial charge in [0.1, 0.15) is 0 Å². The number of aromatic nitrogens is 2. The number of halogens is 1. The number of amides is 2. The zero-order chi connectivity index (χ0) is 17.6. The van der Waals surface area contributed by atoms with Crippen molar-refractivity contribution in [1.29, 1.82) is 0 Å². The van der Waals surface area contributed by atoms with Gasteiger partial charge in [0, 0.05) is 29.5 Å². The maximum atomic E-state index is 12.0. The highest BCUT2D eigenvalue weighted by molar-refractivity contribution is 6.30. The first kappa shape index (κ1) is 17.5. The van der Waals surface area contributed by atoms with E-state index in [0.29, 0.717) is 17.3 Å². The van der Waals surface area contributed by atoms with Crippen molar-refractivity contribution in [2.24, 2.45) is 0 Å². The van der Waals surface area contributed by atoms with Gasteiger partial charge >= 0.3 is 6.03 Å². The number of urea groups is 1. The summed E-state index contributed by atoms with van der Waals surface area (Å²) in [6.07, 6.45) is 3.62. The number of carbonyl (C=O) groups excluding carboxylic acids is 1. The van der Waals surface area contributed by atoms with Gasteiger partial charge in [-0.25, -0.2) is 14.8 Å². The molecule has 2 N–H and O–H groups in total. The molecule has 1 aromatic carbocycles. The molecule has 1 saturated heterocycles. The number of nitrogens with one attached hydrogen (secondary N) is 2. The van der Waals surface area contributed by atoms with Crippen LogP contribution in [0.5, 0.6) is 0 Å². The quantitative estimate of drug-likeness (QED) is 0.872. The van der Waals surface area contributed by atoms with E-state index in [4.69, 9.17) is 11.6 Å². The van der Waals surface area contributed by atoms with Crippen LogP contribution >= 0.6 is 11.6 Å². The minimum Gasteiger partial charge on any atom is -0.341 e. The molecule has 2 heterocycles. The van der Waals surface area contributed by atoms with Gasteiger partial charge in [-0.05, 0) is 56.5 Å². The molecule has 25 heavy (non-hydrogen) atoms. The van der Waals surface area contributed by atoms with Crippen LogP contribution in [0, 0.1) is 6.92 Å². The first-order chi connectivity index (χ1) is 12.1. The summed E-state index contributed by atoms with van der Waals surface area (Å²) in [5.41, 5.74) is 2.40. The Balaban J connectivity index is 1.59. The molecule has 0 radical (unpaired) electrons. The highest BCUT2D eigenvalue weighted by atomic mass is 35.5. The number of rotatable bonds is 4. The van der Waals surface area contributed by atoms with Crippen LogP contribution in [0.3, 0.4) is 0 Å². The fraction of sp³-hybridized carbons (Fsp3) is 0.389. The minimum atomic E-state index is -0.280. The third kappa shape index (κ3) is 5.06. The third-order valence-corrected chi connectivity index (χ3v) is 4.32. The summed E-state index contributed by atoms with van der Waals surface area (Å²) < 4.78 is 0. The molecule has 0 spiro atoms. The molecule has 7 heteroatoms. The van der Waals surface area contributed by atoms with Gasteiger partial charge in [0.05, 0.1) is 12.2 Å². The van der Waals surface area contributed by atoms with Crippen molar-refractivity contribution >= 4 is 29.3 Å². The van der Waals surface area contributed by atoms with Gasteiger partial charge < -0.3 is 15.5 Å². The maximum absolute atomic E-state index is 12.0. The SMILES string of the molecule is Cc1cc(CNC(=O)Nc2ccc(Cl)cc2)nc(N2CCCCC2)n1. The number of hydrogen-bond donors (Lipinski definition) is 2. The van der Waals surface area contributed by atoms with Gasteiger partial charge in [-0.3, -0.25) is 0 Å². The molecule has 0 atom stereocenters. The molecule has 2 amide bonds. The fourth-order valence-corrected chi connectivity index (χ4v) is 2.95. The van der Waals surface area contributed by atoms with E-state index in [-0.39, 0.29) is 6.03 Å². The Labute approximate surface area is 152 Å². The van der Waals surface area contributed by atoms with E-state index < -0.39 is 0 Å². The van der Waals surface area contributed by atoms with Crippen molar-refractivity contribution in [3.05, 3.63) is 46.7 Å². The van der Waals surface area contributed by atoms with E-state index in [1.165, 1.54) is 19.3 Å². The predicted molar refractivity (Wildman–Crippen MR) is 100 cm³/mol. The molecular weight excluding hydrogens is 338 g/mol. The molecule has 1 fully saturated rings. The van der Waals surface area contributed by atoms with Crippen LogP contribution in [-0.4, -0.2) is 29.1 Å². The van der Waals surface area contributed by atoms with Crippen LogP contribution < -0.4 is 15.5 Å². The minimum absolute atomic E-state index is 0.280. The van der Waals surface area contributed by atoms with E-state index in [1.54, 1.807) is 24.3 Å². The highest BCUT2D eigenvalue weighted by Crippen LogP contribution is 2.17. The number of piperidine rings is 1. The Kier molecular flexibility index (Phi) is 5.71. The van der Waals surface area contributed by atoms with Crippen LogP contribution in [0.15, 0.2) is 30.3 Å². The van der Waals surface area contributed by atoms with Crippen LogP contribution in [0.4, 0.5) is 16.4 Å². The molecule has 2 aromatic rings. The third-order valence-electron chi connectivity index (χ3n) is 4.07. The van der Waals surface area contributed by atoms with Crippen molar-refractivity contribution in [3.8, 4) is 0 Å². The first-order valence-electron chi connectivity index (χ1n) is 8.50. The lowest BCUT2D eigenvalue weighted by Crippen LogP contribution is -2.32. The standard InChI is InChI=1S/C18H22ClN5O/c1-13-11-16(22-17(21-13)24-9-3-2-4-10-24)12-20-18(25)23-15-7-5-14(19)6-8-15/h5-8,11H,2-4,9-10,12H2,1H3,(H2,20,23,25). The second-order valence-corrected chi connectivity index (χ2v) is 6.60. The molecule has 1 aromatic heterocycles. The first-order valence-corrected chi connectivity index (χ1v) is 8.88. The lowest BCUT2D eigenvalue weighted by atomic mass is 10.1. The smallest absolute Gasteiger partial charge is 0.319 e. The fourth-order valence-electron chi connectivity index (χ4n) is 2.82.